The Morgan fingerprint density at radius 2 is 2.12 bits per heavy atom. The molecule has 0 spiro atoms. The van der Waals surface area contributed by atoms with Crippen molar-refractivity contribution in [3.63, 3.8) is 0 Å². The summed E-state index contributed by atoms with van der Waals surface area (Å²) in [6, 6.07) is 5.63. The number of aromatic amines is 1. The summed E-state index contributed by atoms with van der Waals surface area (Å²) in [4.78, 5) is 21.6. The predicted molar refractivity (Wildman–Crippen MR) is 95.0 cm³/mol. The SMILES string of the molecule is CC(=N)c1nc(-c2ccc3c(=O)n(C4CCNCC4)cnc3c2)n[nH]1. The van der Waals surface area contributed by atoms with Gasteiger partial charge in [-0.2, -0.15) is 5.10 Å². The summed E-state index contributed by atoms with van der Waals surface area (Å²) in [5, 5.41) is 18.4. The minimum atomic E-state index is -0.00513. The van der Waals surface area contributed by atoms with E-state index in [0.717, 1.165) is 31.5 Å². The number of rotatable bonds is 3. The van der Waals surface area contributed by atoms with Crippen LogP contribution in [0.5, 0.6) is 0 Å². The number of hydrogen-bond acceptors (Lipinski definition) is 6. The van der Waals surface area contributed by atoms with Crippen molar-refractivity contribution in [1.29, 1.82) is 5.41 Å². The molecule has 2 aromatic heterocycles. The van der Waals surface area contributed by atoms with E-state index >= 15 is 0 Å². The first-order valence-corrected chi connectivity index (χ1v) is 8.33. The first-order chi connectivity index (χ1) is 12.1. The van der Waals surface area contributed by atoms with E-state index < -0.39 is 0 Å². The van der Waals surface area contributed by atoms with Crippen LogP contribution in [0.4, 0.5) is 0 Å². The minimum Gasteiger partial charge on any atom is -0.317 e. The van der Waals surface area contributed by atoms with Crippen molar-refractivity contribution in [2.45, 2.75) is 25.8 Å². The first kappa shape index (κ1) is 15.6. The fourth-order valence-electron chi connectivity index (χ4n) is 3.18. The summed E-state index contributed by atoms with van der Waals surface area (Å²) < 4.78 is 1.76. The lowest BCUT2D eigenvalue weighted by molar-refractivity contribution is 0.359. The Morgan fingerprint density at radius 3 is 2.84 bits per heavy atom. The van der Waals surface area contributed by atoms with Crippen LogP contribution in [-0.2, 0) is 0 Å². The van der Waals surface area contributed by atoms with Crippen LogP contribution in [0.1, 0.15) is 31.6 Å². The normalized spacial score (nSPS) is 15.6. The molecule has 0 atom stereocenters. The molecule has 1 aromatic carbocycles. The maximum Gasteiger partial charge on any atom is 0.261 e. The highest BCUT2D eigenvalue weighted by molar-refractivity contribution is 5.93. The molecule has 0 unspecified atom stereocenters. The second-order valence-corrected chi connectivity index (χ2v) is 6.30. The van der Waals surface area contributed by atoms with Crippen LogP contribution >= 0.6 is 0 Å². The van der Waals surface area contributed by atoms with Gasteiger partial charge in [-0.25, -0.2) is 9.97 Å². The van der Waals surface area contributed by atoms with Gasteiger partial charge in [-0.3, -0.25) is 14.5 Å². The second kappa shape index (κ2) is 6.21. The number of hydrogen-bond donors (Lipinski definition) is 3. The van der Waals surface area contributed by atoms with Crippen LogP contribution in [0, 0.1) is 5.41 Å². The quantitative estimate of drug-likeness (QED) is 0.627. The van der Waals surface area contributed by atoms with E-state index in [9.17, 15) is 4.79 Å². The highest BCUT2D eigenvalue weighted by Gasteiger charge is 2.18. The molecule has 0 radical (unpaired) electrons. The molecule has 25 heavy (non-hydrogen) atoms. The molecule has 1 fully saturated rings. The van der Waals surface area contributed by atoms with Gasteiger partial charge < -0.3 is 10.7 Å². The molecule has 1 aliphatic rings. The Kier molecular flexibility index (Phi) is 3.89. The minimum absolute atomic E-state index is 0.00513. The highest BCUT2D eigenvalue weighted by atomic mass is 16.1. The van der Waals surface area contributed by atoms with E-state index in [1.165, 1.54) is 0 Å². The zero-order chi connectivity index (χ0) is 17.4. The van der Waals surface area contributed by atoms with Crippen molar-refractivity contribution < 1.29 is 0 Å². The number of piperidine rings is 1. The van der Waals surface area contributed by atoms with Gasteiger partial charge in [0.15, 0.2) is 11.6 Å². The molecule has 8 nitrogen and oxygen atoms in total. The maximum absolute atomic E-state index is 12.8. The Balaban J connectivity index is 1.74. The van der Waals surface area contributed by atoms with Crippen molar-refractivity contribution in [2.24, 2.45) is 0 Å². The van der Waals surface area contributed by atoms with Crippen LogP contribution < -0.4 is 10.9 Å². The zero-order valence-corrected chi connectivity index (χ0v) is 13.9. The van der Waals surface area contributed by atoms with Crippen molar-refractivity contribution in [3.05, 3.63) is 40.7 Å². The van der Waals surface area contributed by atoms with Gasteiger partial charge in [0.05, 0.1) is 22.9 Å². The lowest BCUT2D eigenvalue weighted by Gasteiger charge is -2.24. The molecule has 3 heterocycles. The van der Waals surface area contributed by atoms with Gasteiger partial charge in [0.1, 0.15) is 0 Å². The summed E-state index contributed by atoms with van der Waals surface area (Å²) >= 11 is 0. The number of aromatic nitrogens is 5. The number of nitrogens with one attached hydrogen (secondary N) is 3. The van der Waals surface area contributed by atoms with Gasteiger partial charge >= 0.3 is 0 Å². The lowest BCUT2D eigenvalue weighted by atomic mass is 10.1. The van der Waals surface area contributed by atoms with Gasteiger partial charge in [0.25, 0.3) is 5.56 Å². The summed E-state index contributed by atoms with van der Waals surface area (Å²) in [6.45, 7) is 3.50. The third-order valence-electron chi connectivity index (χ3n) is 4.58. The van der Waals surface area contributed by atoms with E-state index in [4.69, 9.17) is 5.41 Å². The van der Waals surface area contributed by atoms with Crippen molar-refractivity contribution >= 4 is 16.6 Å². The molecular formula is C17H19N7O. The maximum atomic E-state index is 12.8. The van der Waals surface area contributed by atoms with E-state index in [1.54, 1.807) is 23.9 Å². The average molecular weight is 337 g/mol. The summed E-state index contributed by atoms with van der Waals surface area (Å²) in [5.74, 6) is 0.928. The van der Waals surface area contributed by atoms with E-state index in [2.05, 4.69) is 25.5 Å². The fourth-order valence-corrected chi connectivity index (χ4v) is 3.18. The molecule has 3 N–H and O–H groups in total. The fraction of sp³-hybridized carbons (Fsp3) is 0.353. The van der Waals surface area contributed by atoms with Crippen LogP contribution in [0.3, 0.4) is 0 Å². The van der Waals surface area contributed by atoms with Gasteiger partial charge in [-0.1, -0.05) is 6.07 Å². The second-order valence-electron chi connectivity index (χ2n) is 6.30. The van der Waals surface area contributed by atoms with E-state index in [-0.39, 0.29) is 11.6 Å². The summed E-state index contributed by atoms with van der Waals surface area (Å²) in [5.41, 5.74) is 1.71. The molecule has 3 aromatic rings. The largest absolute Gasteiger partial charge is 0.317 e. The van der Waals surface area contributed by atoms with Gasteiger partial charge in [-0.05, 0) is 45.0 Å². The third kappa shape index (κ3) is 2.85. The first-order valence-electron chi connectivity index (χ1n) is 8.33. The molecule has 0 saturated carbocycles. The monoisotopic (exact) mass is 337 g/mol. The average Bonchev–Trinajstić information content (AvgIpc) is 3.13. The standard InChI is InChI=1S/C17H19N7O/c1-10(18)15-21-16(23-22-15)11-2-3-13-14(8-11)20-9-24(17(13)25)12-4-6-19-7-5-12/h2-3,8-9,12,18-19H,4-7H2,1H3,(H,21,22,23). The highest BCUT2D eigenvalue weighted by Crippen LogP contribution is 2.21. The Bertz CT molecular complexity index is 998. The third-order valence-corrected chi connectivity index (χ3v) is 4.58. The molecule has 128 valence electrons. The molecule has 4 rings (SSSR count). The predicted octanol–water partition coefficient (Wildman–Crippen LogP) is 1.49. The molecule has 0 aliphatic carbocycles. The molecule has 0 bridgehead atoms. The van der Waals surface area contributed by atoms with Crippen LogP contribution in [0.25, 0.3) is 22.3 Å². The van der Waals surface area contributed by atoms with Crippen molar-refractivity contribution in [3.8, 4) is 11.4 Å². The number of benzene rings is 1. The lowest BCUT2D eigenvalue weighted by Crippen LogP contribution is -2.34. The van der Waals surface area contributed by atoms with Crippen LogP contribution in [-0.4, -0.2) is 43.5 Å². The van der Waals surface area contributed by atoms with Gasteiger partial charge in [-0.15, -0.1) is 0 Å². The zero-order valence-electron chi connectivity index (χ0n) is 13.9. The number of fused-ring (bicyclic) bond motifs is 1. The Hall–Kier alpha value is -2.87. The van der Waals surface area contributed by atoms with E-state index in [1.807, 2.05) is 12.1 Å². The molecule has 1 saturated heterocycles. The molecule has 8 heteroatoms. The smallest absolute Gasteiger partial charge is 0.261 e. The van der Waals surface area contributed by atoms with Crippen molar-refractivity contribution in [1.82, 2.24) is 30.0 Å². The van der Waals surface area contributed by atoms with E-state index in [0.29, 0.717) is 28.3 Å². The van der Waals surface area contributed by atoms with Crippen LogP contribution in [0.2, 0.25) is 0 Å². The van der Waals surface area contributed by atoms with Gasteiger partial charge in [0, 0.05) is 11.6 Å². The van der Waals surface area contributed by atoms with Gasteiger partial charge in [0.2, 0.25) is 0 Å². The summed E-state index contributed by atoms with van der Waals surface area (Å²) in [7, 11) is 0. The van der Waals surface area contributed by atoms with Crippen molar-refractivity contribution in [2.75, 3.05) is 13.1 Å². The Morgan fingerprint density at radius 1 is 1.32 bits per heavy atom. The molecular weight excluding hydrogens is 318 g/mol. The Labute approximate surface area is 143 Å². The van der Waals surface area contributed by atoms with Crippen LogP contribution in [0.15, 0.2) is 29.3 Å². The number of nitrogens with zero attached hydrogens (tertiary/aromatic N) is 4. The number of H-pyrrole nitrogens is 1. The molecule has 1 aliphatic heterocycles. The molecule has 0 amide bonds. The summed E-state index contributed by atoms with van der Waals surface area (Å²) in [6.07, 6.45) is 3.53. The topological polar surface area (TPSA) is 112 Å².